The zero-order valence-corrected chi connectivity index (χ0v) is 10.2. The van der Waals surface area contributed by atoms with Crippen molar-refractivity contribution in [3.8, 4) is 0 Å². The lowest BCUT2D eigenvalue weighted by Crippen LogP contribution is -2.49. The molecule has 0 radical (unpaired) electrons. The van der Waals surface area contributed by atoms with Crippen LogP contribution in [0.2, 0.25) is 0 Å². The number of fused-ring (bicyclic) bond motifs is 1. The average molecular weight is 255 g/mol. The number of hydrogen-bond acceptors (Lipinski definition) is 4. The minimum Gasteiger partial charge on any atom is -0.480 e. The molecule has 17 heavy (non-hydrogen) atoms. The Balaban J connectivity index is 2.24. The summed E-state index contributed by atoms with van der Waals surface area (Å²) >= 11 is 1.39. The lowest BCUT2D eigenvalue weighted by molar-refractivity contribution is -0.150. The number of carbonyl (C=O) groups excluding carboxylic acids is 1. The van der Waals surface area contributed by atoms with Crippen molar-refractivity contribution < 1.29 is 14.7 Å². The van der Waals surface area contributed by atoms with Crippen molar-refractivity contribution in [1.82, 2.24) is 14.9 Å². The van der Waals surface area contributed by atoms with Gasteiger partial charge in [0.15, 0.2) is 0 Å². The Hall–Kier alpha value is -1.50. The third kappa shape index (κ3) is 2.28. The molecule has 1 unspecified atom stereocenters. The fourth-order valence-electron chi connectivity index (χ4n) is 1.93. The predicted octanol–water partition coefficient (Wildman–Crippen LogP) is 0.111. The van der Waals surface area contributed by atoms with Crippen LogP contribution in [0.4, 0.5) is 0 Å². The van der Waals surface area contributed by atoms with E-state index in [1.54, 1.807) is 0 Å². The lowest BCUT2D eigenvalue weighted by atomic mass is 10.0. The molecule has 1 aromatic rings. The lowest BCUT2D eigenvalue weighted by Gasteiger charge is -2.32. The third-order valence-corrected chi connectivity index (χ3v) is 3.31. The summed E-state index contributed by atoms with van der Waals surface area (Å²) < 4.78 is 0. The van der Waals surface area contributed by atoms with Crippen molar-refractivity contribution in [3.05, 3.63) is 17.7 Å². The first-order valence-corrected chi connectivity index (χ1v) is 6.55. The van der Waals surface area contributed by atoms with E-state index in [2.05, 4.69) is 9.97 Å². The standard InChI is InChI=1S/C10H13N3O3S/c1-17-4-9(14)13-3-7-6(11-5-12-7)2-8(13)10(15)16/h5,8H,2-4H2,1H3,(H,11,12)(H,15,16). The molecule has 1 aromatic heterocycles. The van der Waals surface area contributed by atoms with Crippen LogP contribution in [0.15, 0.2) is 6.33 Å². The van der Waals surface area contributed by atoms with Crippen LogP contribution < -0.4 is 0 Å². The fraction of sp³-hybridized carbons (Fsp3) is 0.500. The van der Waals surface area contributed by atoms with Crippen LogP contribution in [0.5, 0.6) is 0 Å². The summed E-state index contributed by atoms with van der Waals surface area (Å²) in [6, 6.07) is -0.801. The molecule has 7 heteroatoms. The highest BCUT2D eigenvalue weighted by Gasteiger charge is 2.35. The number of nitrogens with zero attached hydrogens (tertiary/aromatic N) is 2. The molecule has 0 aromatic carbocycles. The van der Waals surface area contributed by atoms with Crippen molar-refractivity contribution in [1.29, 1.82) is 0 Å². The molecule has 2 heterocycles. The zero-order chi connectivity index (χ0) is 12.4. The van der Waals surface area contributed by atoms with E-state index in [-0.39, 0.29) is 12.3 Å². The molecule has 2 N–H and O–H groups in total. The van der Waals surface area contributed by atoms with Gasteiger partial charge in [0, 0.05) is 6.42 Å². The van der Waals surface area contributed by atoms with Gasteiger partial charge in [0.2, 0.25) is 5.91 Å². The normalized spacial score (nSPS) is 18.9. The molecule has 0 saturated carbocycles. The number of nitrogens with one attached hydrogen (secondary N) is 1. The number of rotatable bonds is 3. The number of hydrogen-bond donors (Lipinski definition) is 2. The van der Waals surface area contributed by atoms with Gasteiger partial charge in [-0.15, -0.1) is 0 Å². The molecular formula is C10H13N3O3S. The van der Waals surface area contributed by atoms with E-state index in [9.17, 15) is 9.59 Å². The molecule has 1 aliphatic heterocycles. The molecule has 1 amide bonds. The number of aromatic nitrogens is 2. The van der Waals surface area contributed by atoms with Gasteiger partial charge >= 0.3 is 5.97 Å². The van der Waals surface area contributed by atoms with E-state index >= 15 is 0 Å². The number of carbonyl (C=O) groups is 2. The summed E-state index contributed by atoms with van der Waals surface area (Å²) in [7, 11) is 0. The largest absolute Gasteiger partial charge is 0.480 e. The van der Waals surface area contributed by atoms with Gasteiger partial charge in [-0.3, -0.25) is 4.79 Å². The molecule has 0 fully saturated rings. The molecule has 1 atom stereocenters. The molecule has 1 aliphatic rings. The summed E-state index contributed by atoms with van der Waals surface area (Å²) in [4.78, 5) is 31.4. The summed E-state index contributed by atoms with van der Waals surface area (Å²) in [5.41, 5.74) is 1.57. The van der Waals surface area contributed by atoms with Crippen LogP contribution in [-0.2, 0) is 22.6 Å². The summed E-state index contributed by atoms with van der Waals surface area (Å²) in [5, 5.41) is 9.15. The third-order valence-electron chi connectivity index (χ3n) is 2.77. The number of thioether (sulfide) groups is 1. The second-order valence-electron chi connectivity index (χ2n) is 3.84. The molecular weight excluding hydrogens is 242 g/mol. The minimum absolute atomic E-state index is 0.148. The second kappa shape index (κ2) is 4.79. The van der Waals surface area contributed by atoms with Gasteiger partial charge in [-0.1, -0.05) is 0 Å². The highest BCUT2D eigenvalue weighted by molar-refractivity contribution is 7.99. The molecule has 0 saturated heterocycles. The highest BCUT2D eigenvalue weighted by atomic mass is 32.2. The molecule has 92 valence electrons. The summed E-state index contributed by atoms with van der Waals surface area (Å²) in [5.74, 6) is -0.828. The molecule has 0 bridgehead atoms. The number of imidazole rings is 1. The smallest absolute Gasteiger partial charge is 0.326 e. The van der Waals surface area contributed by atoms with E-state index in [0.29, 0.717) is 12.3 Å². The number of aromatic amines is 1. The summed E-state index contributed by atoms with van der Waals surface area (Å²) in [6.07, 6.45) is 3.62. The zero-order valence-electron chi connectivity index (χ0n) is 9.34. The second-order valence-corrected chi connectivity index (χ2v) is 4.71. The Bertz CT molecular complexity index is 446. The number of amides is 1. The Morgan fingerprint density at radius 2 is 2.47 bits per heavy atom. The van der Waals surface area contributed by atoms with Gasteiger partial charge in [0.25, 0.3) is 0 Å². The highest BCUT2D eigenvalue weighted by Crippen LogP contribution is 2.21. The van der Waals surface area contributed by atoms with E-state index in [0.717, 1.165) is 11.4 Å². The number of aliphatic carboxylic acids is 1. The monoisotopic (exact) mass is 255 g/mol. The van der Waals surface area contributed by atoms with E-state index < -0.39 is 12.0 Å². The Kier molecular flexibility index (Phi) is 3.37. The van der Waals surface area contributed by atoms with E-state index in [4.69, 9.17) is 5.11 Å². The van der Waals surface area contributed by atoms with Crippen LogP contribution in [0.3, 0.4) is 0 Å². The predicted molar refractivity (Wildman–Crippen MR) is 62.6 cm³/mol. The van der Waals surface area contributed by atoms with E-state index in [1.807, 2.05) is 6.26 Å². The van der Waals surface area contributed by atoms with Crippen molar-refractivity contribution >= 4 is 23.6 Å². The van der Waals surface area contributed by atoms with Gasteiger partial charge in [-0.2, -0.15) is 11.8 Å². The maximum Gasteiger partial charge on any atom is 0.326 e. The Morgan fingerprint density at radius 1 is 1.71 bits per heavy atom. The number of carboxylic acids is 1. The van der Waals surface area contributed by atoms with Gasteiger partial charge < -0.3 is 15.0 Å². The first-order valence-electron chi connectivity index (χ1n) is 5.15. The van der Waals surface area contributed by atoms with Gasteiger partial charge in [0.1, 0.15) is 6.04 Å². The first kappa shape index (κ1) is 12.0. The number of H-pyrrole nitrogens is 1. The topological polar surface area (TPSA) is 86.3 Å². The average Bonchev–Trinajstić information content (AvgIpc) is 2.74. The Morgan fingerprint density at radius 3 is 3.12 bits per heavy atom. The van der Waals surface area contributed by atoms with Crippen molar-refractivity contribution in [2.75, 3.05) is 12.0 Å². The molecule has 0 spiro atoms. The van der Waals surface area contributed by atoms with Crippen molar-refractivity contribution in [3.63, 3.8) is 0 Å². The van der Waals surface area contributed by atoms with Crippen molar-refractivity contribution in [2.24, 2.45) is 0 Å². The summed E-state index contributed by atoms with van der Waals surface area (Å²) in [6.45, 7) is 0.297. The van der Waals surface area contributed by atoms with Crippen LogP contribution in [0.1, 0.15) is 11.4 Å². The quantitative estimate of drug-likeness (QED) is 0.800. The van der Waals surface area contributed by atoms with Crippen LogP contribution in [-0.4, -0.2) is 49.9 Å². The molecule has 6 nitrogen and oxygen atoms in total. The molecule has 2 rings (SSSR count). The fourth-order valence-corrected chi connectivity index (χ4v) is 2.34. The maximum absolute atomic E-state index is 11.9. The van der Waals surface area contributed by atoms with Crippen LogP contribution >= 0.6 is 11.8 Å². The van der Waals surface area contributed by atoms with Crippen molar-refractivity contribution in [2.45, 2.75) is 19.0 Å². The minimum atomic E-state index is -0.979. The van der Waals surface area contributed by atoms with Crippen LogP contribution in [0, 0.1) is 0 Å². The Labute approximate surface area is 102 Å². The van der Waals surface area contributed by atoms with Gasteiger partial charge in [0.05, 0.1) is 30.0 Å². The van der Waals surface area contributed by atoms with Gasteiger partial charge in [-0.25, -0.2) is 9.78 Å². The van der Waals surface area contributed by atoms with E-state index in [1.165, 1.54) is 23.0 Å². The van der Waals surface area contributed by atoms with Crippen LogP contribution in [0.25, 0.3) is 0 Å². The SMILES string of the molecule is CSCC(=O)N1Cc2[nH]cnc2CC1C(=O)O. The van der Waals surface area contributed by atoms with Gasteiger partial charge in [-0.05, 0) is 6.26 Å². The molecule has 0 aliphatic carbocycles. The number of carboxylic acid groups (broad SMARTS) is 1. The maximum atomic E-state index is 11.9. The first-order chi connectivity index (χ1) is 8.13.